The second-order valence-electron chi connectivity index (χ2n) is 5.03. The molecule has 0 aliphatic heterocycles. The smallest absolute Gasteiger partial charge is 0.406 e. The molecule has 0 saturated heterocycles. The van der Waals surface area contributed by atoms with Gasteiger partial charge in [0.1, 0.15) is 17.4 Å². The van der Waals surface area contributed by atoms with Crippen molar-refractivity contribution >= 4 is 17.8 Å². The standard InChI is InChI=1S/C16H8ClF5N2O.CO2/c17-13-8-11(1-2-14(13)19)24-15(3-4-23-24)9-5-10(18)7-12(6-9)25-16(20,21)22;2-1-3/h1-8H;. The number of ether oxygens (including phenoxy) is 1. The molecular weight excluding hydrogens is 411 g/mol. The van der Waals surface area contributed by atoms with E-state index >= 15 is 0 Å². The summed E-state index contributed by atoms with van der Waals surface area (Å²) < 4.78 is 69.1. The van der Waals surface area contributed by atoms with Crippen LogP contribution in [-0.2, 0) is 9.59 Å². The van der Waals surface area contributed by atoms with Gasteiger partial charge < -0.3 is 4.74 Å². The van der Waals surface area contributed by atoms with Gasteiger partial charge in [0.15, 0.2) is 0 Å². The van der Waals surface area contributed by atoms with Gasteiger partial charge in [-0.15, -0.1) is 13.2 Å². The quantitative estimate of drug-likeness (QED) is 0.574. The largest absolute Gasteiger partial charge is 0.573 e. The van der Waals surface area contributed by atoms with Crippen molar-refractivity contribution < 1.29 is 36.3 Å². The molecule has 0 aliphatic rings. The Morgan fingerprint density at radius 3 is 2.32 bits per heavy atom. The zero-order valence-corrected chi connectivity index (χ0v) is 14.3. The van der Waals surface area contributed by atoms with Gasteiger partial charge in [0.25, 0.3) is 0 Å². The average molecular weight is 419 g/mol. The Morgan fingerprint density at radius 2 is 1.71 bits per heavy atom. The number of nitrogens with zero attached hydrogens (tertiary/aromatic N) is 2. The lowest BCUT2D eigenvalue weighted by atomic mass is 10.1. The van der Waals surface area contributed by atoms with E-state index in [4.69, 9.17) is 21.2 Å². The van der Waals surface area contributed by atoms with Crippen molar-refractivity contribution in [3.05, 3.63) is 65.3 Å². The fourth-order valence-electron chi connectivity index (χ4n) is 2.25. The van der Waals surface area contributed by atoms with Crippen LogP contribution in [0, 0.1) is 11.6 Å². The summed E-state index contributed by atoms with van der Waals surface area (Å²) in [7, 11) is 0. The zero-order valence-electron chi connectivity index (χ0n) is 13.5. The normalized spacial score (nSPS) is 10.6. The van der Waals surface area contributed by atoms with Crippen LogP contribution >= 0.6 is 11.6 Å². The summed E-state index contributed by atoms with van der Waals surface area (Å²) in [5.74, 6) is -2.25. The minimum atomic E-state index is -4.95. The topological polar surface area (TPSA) is 61.2 Å². The van der Waals surface area contributed by atoms with Crippen LogP contribution in [0.2, 0.25) is 5.02 Å². The first-order valence-electron chi connectivity index (χ1n) is 7.20. The fraction of sp³-hybridized carbons (Fsp3) is 0.0588. The minimum Gasteiger partial charge on any atom is -0.406 e. The van der Waals surface area contributed by atoms with E-state index in [1.807, 2.05) is 0 Å². The molecule has 0 atom stereocenters. The second kappa shape index (κ2) is 8.64. The Kier molecular flexibility index (Phi) is 6.50. The van der Waals surface area contributed by atoms with E-state index in [0.717, 1.165) is 18.2 Å². The van der Waals surface area contributed by atoms with Crippen LogP contribution in [-0.4, -0.2) is 22.3 Å². The number of hydrogen-bond donors (Lipinski definition) is 0. The van der Waals surface area contributed by atoms with Gasteiger partial charge in [-0.25, -0.2) is 13.5 Å². The van der Waals surface area contributed by atoms with Crippen LogP contribution in [0.1, 0.15) is 0 Å². The molecule has 3 aromatic rings. The molecule has 1 aromatic heterocycles. The van der Waals surface area contributed by atoms with Gasteiger partial charge in [0.05, 0.1) is 22.6 Å². The first-order chi connectivity index (χ1) is 13.1. The molecule has 0 unspecified atom stereocenters. The highest BCUT2D eigenvalue weighted by Gasteiger charge is 2.31. The molecule has 11 heteroatoms. The van der Waals surface area contributed by atoms with Gasteiger partial charge in [-0.2, -0.15) is 14.7 Å². The van der Waals surface area contributed by atoms with E-state index in [9.17, 15) is 22.0 Å². The minimum absolute atomic E-state index is 0.0946. The van der Waals surface area contributed by atoms with Crippen molar-refractivity contribution in [1.82, 2.24) is 9.78 Å². The first kappa shape index (κ1) is 21.1. The molecule has 1 heterocycles. The number of halogens is 6. The van der Waals surface area contributed by atoms with Crippen molar-refractivity contribution in [3.8, 4) is 22.7 Å². The van der Waals surface area contributed by atoms with E-state index in [1.165, 1.54) is 29.1 Å². The van der Waals surface area contributed by atoms with Crippen molar-refractivity contribution in [2.75, 3.05) is 0 Å². The lowest BCUT2D eigenvalue weighted by Gasteiger charge is -2.12. The van der Waals surface area contributed by atoms with Gasteiger partial charge in [-0.3, -0.25) is 0 Å². The Bertz CT molecular complexity index is 1010. The Hall–Kier alpha value is -3.23. The van der Waals surface area contributed by atoms with Crippen LogP contribution in [0.4, 0.5) is 22.0 Å². The van der Waals surface area contributed by atoms with E-state index < -0.39 is 23.7 Å². The fourth-order valence-corrected chi connectivity index (χ4v) is 2.42. The number of benzene rings is 2. The summed E-state index contributed by atoms with van der Waals surface area (Å²) in [6.45, 7) is 0. The molecule has 0 aliphatic carbocycles. The van der Waals surface area contributed by atoms with Crippen molar-refractivity contribution in [3.63, 3.8) is 0 Å². The second-order valence-corrected chi connectivity index (χ2v) is 5.44. The van der Waals surface area contributed by atoms with Crippen LogP contribution in [0.25, 0.3) is 16.9 Å². The predicted octanol–water partition coefficient (Wildman–Crippen LogP) is 4.79. The molecule has 0 fully saturated rings. The Balaban J connectivity index is 0.000000878. The lowest BCUT2D eigenvalue weighted by molar-refractivity contribution is -0.274. The third-order valence-electron chi connectivity index (χ3n) is 3.19. The Labute approximate surface area is 158 Å². The van der Waals surface area contributed by atoms with Crippen LogP contribution in [0.15, 0.2) is 48.7 Å². The van der Waals surface area contributed by atoms with E-state index in [2.05, 4.69) is 9.84 Å². The monoisotopic (exact) mass is 418 g/mol. The van der Waals surface area contributed by atoms with Crippen molar-refractivity contribution in [1.29, 1.82) is 0 Å². The summed E-state index contributed by atoms with van der Waals surface area (Å²) in [4.78, 5) is 16.2. The highest BCUT2D eigenvalue weighted by atomic mass is 35.5. The third-order valence-corrected chi connectivity index (χ3v) is 3.48. The zero-order chi connectivity index (χ0) is 20.9. The van der Waals surface area contributed by atoms with Gasteiger partial charge in [0.2, 0.25) is 0 Å². The summed E-state index contributed by atoms with van der Waals surface area (Å²) in [6.07, 6.45) is -3.34. The maximum Gasteiger partial charge on any atom is 0.573 e. The van der Waals surface area contributed by atoms with Crippen molar-refractivity contribution in [2.24, 2.45) is 0 Å². The molecule has 0 N–H and O–H groups in total. The molecular formula is C17H8ClF5N2O3. The van der Waals surface area contributed by atoms with Gasteiger partial charge >= 0.3 is 12.5 Å². The molecule has 0 spiro atoms. The summed E-state index contributed by atoms with van der Waals surface area (Å²) in [5.41, 5.74) is 0.723. The lowest BCUT2D eigenvalue weighted by Crippen LogP contribution is -2.17. The number of carbonyl (C=O) groups excluding carboxylic acids is 2. The number of alkyl halides is 3. The van der Waals surface area contributed by atoms with Crippen LogP contribution in [0.5, 0.6) is 5.75 Å². The first-order valence-corrected chi connectivity index (χ1v) is 7.58. The molecule has 0 bridgehead atoms. The van der Waals surface area contributed by atoms with Crippen LogP contribution < -0.4 is 4.74 Å². The maximum atomic E-state index is 13.7. The predicted molar refractivity (Wildman–Crippen MR) is 85.6 cm³/mol. The number of aromatic nitrogens is 2. The molecule has 28 heavy (non-hydrogen) atoms. The van der Waals surface area contributed by atoms with Gasteiger partial charge in [0, 0.05) is 11.6 Å². The molecule has 2 aromatic carbocycles. The summed E-state index contributed by atoms with van der Waals surface area (Å²) in [5, 5.41) is 3.86. The highest BCUT2D eigenvalue weighted by molar-refractivity contribution is 6.30. The van der Waals surface area contributed by atoms with E-state index in [1.54, 1.807) is 0 Å². The molecule has 0 saturated carbocycles. The average Bonchev–Trinajstić information content (AvgIpc) is 3.05. The number of rotatable bonds is 3. The van der Waals surface area contributed by atoms with Crippen LogP contribution in [0.3, 0.4) is 0 Å². The number of hydrogen-bond acceptors (Lipinski definition) is 4. The summed E-state index contributed by atoms with van der Waals surface area (Å²) >= 11 is 5.73. The van der Waals surface area contributed by atoms with Gasteiger partial charge in [-0.05, 0) is 36.4 Å². The molecule has 0 radical (unpaired) electrons. The summed E-state index contributed by atoms with van der Waals surface area (Å²) in [6, 6.07) is 7.92. The van der Waals surface area contributed by atoms with E-state index in [-0.39, 0.29) is 22.4 Å². The Morgan fingerprint density at radius 1 is 1.04 bits per heavy atom. The molecule has 146 valence electrons. The molecule has 5 nitrogen and oxygen atoms in total. The van der Waals surface area contributed by atoms with Gasteiger partial charge in [-0.1, -0.05) is 11.6 Å². The maximum absolute atomic E-state index is 13.7. The highest BCUT2D eigenvalue weighted by Crippen LogP contribution is 2.31. The third kappa shape index (κ3) is 5.38. The molecule has 0 amide bonds. The molecule has 3 rings (SSSR count). The van der Waals surface area contributed by atoms with E-state index in [0.29, 0.717) is 11.8 Å². The van der Waals surface area contributed by atoms with Crippen molar-refractivity contribution in [2.45, 2.75) is 6.36 Å². The SMILES string of the molecule is Fc1cc(OC(F)(F)F)cc(-c2ccnn2-c2ccc(F)c(Cl)c2)c1.O=C=O.